The highest BCUT2D eigenvalue weighted by atomic mass is 16.2. The number of nitrogens with zero attached hydrogens (tertiary/aromatic N) is 1. The Morgan fingerprint density at radius 3 is 2.73 bits per heavy atom. The Hall–Kier alpha value is -0.730. The Morgan fingerprint density at radius 1 is 1.64 bits per heavy atom. The molecular weight excluding hydrogens is 140 g/mol. The first-order valence-electron chi connectivity index (χ1n) is 4.00. The lowest BCUT2D eigenvalue weighted by molar-refractivity contribution is 0.213. The molecule has 0 saturated heterocycles. The van der Waals surface area contributed by atoms with Gasteiger partial charge in [-0.15, -0.1) is 0 Å². The number of carbonyl (C=O) groups excluding carboxylic acids is 1. The maximum atomic E-state index is 11.0. The molecule has 1 radical (unpaired) electrons. The highest BCUT2D eigenvalue weighted by Gasteiger charge is 2.02. The predicted molar refractivity (Wildman–Crippen MR) is 46.3 cm³/mol. The minimum atomic E-state index is -0.0338. The molecule has 0 spiro atoms. The molecule has 0 aromatic rings. The highest BCUT2D eigenvalue weighted by molar-refractivity contribution is 5.73. The third kappa shape index (κ3) is 4.65. The molecule has 0 fully saturated rings. The van der Waals surface area contributed by atoms with Gasteiger partial charge in [0.05, 0.1) is 0 Å². The van der Waals surface area contributed by atoms with Crippen LogP contribution in [0.2, 0.25) is 0 Å². The van der Waals surface area contributed by atoms with Crippen LogP contribution in [-0.2, 0) is 0 Å². The van der Waals surface area contributed by atoms with Crippen molar-refractivity contribution in [3.05, 3.63) is 6.92 Å². The topological polar surface area (TPSA) is 32.3 Å². The molecule has 0 aromatic heterocycles. The van der Waals surface area contributed by atoms with Crippen LogP contribution >= 0.6 is 0 Å². The van der Waals surface area contributed by atoms with E-state index >= 15 is 0 Å². The Kier molecular flexibility index (Phi) is 5.61. The van der Waals surface area contributed by atoms with Gasteiger partial charge in [0.2, 0.25) is 0 Å². The van der Waals surface area contributed by atoms with E-state index in [1.807, 2.05) is 0 Å². The van der Waals surface area contributed by atoms with Gasteiger partial charge in [-0.3, -0.25) is 0 Å². The van der Waals surface area contributed by atoms with E-state index < -0.39 is 0 Å². The molecule has 0 saturated carbocycles. The molecule has 0 bridgehead atoms. The van der Waals surface area contributed by atoms with E-state index in [0.29, 0.717) is 6.54 Å². The maximum absolute atomic E-state index is 11.0. The van der Waals surface area contributed by atoms with Gasteiger partial charge in [0.1, 0.15) is 0 Å². The number of rotatable bonds is 4. The molecule has 0 aliphatic carbocycles. The Balaban J connectivity index is 3.36. The fourth-order valence-corrected chi connectivity index (χ4v) is 0.609. The van der Waals surface area contributed by atoms with Gasteiger partial charge in [-0.05, 0) is 13.3 Å². The van der Waals surface area contributed by atoms with E-state index in [2.05, 4.69) is 19.2 Å². The van der Waals surface area contributed by atoms with Crippen molar-refractivity contribution in [3.8, 4) is 0 Å². The quantitative estimate of drug-likeness (QED) is 0.612. The summed E-state index contributed by atoms with van der Waals surface area (Å²) >= 11 is 0. The molecule has 0 aliphatic rings. The Bertz CT molecular complexity index is 115. The fraction of sp³-hybridized carbons (Fsp3) is 0.750. The van der Waals surface area contributed by atoms with Gasteiger partial charge in [-0.1, -0.05) is 13.3 Å². The molecular formula is C8H17N2O. The number of amides is 2. The first kappa shape index (κ1) is 10.3. The van der Waals surface area contributed by atoms with E-state index in [1.165, 1.54) is 0 Å². The van der Waals surface area contributed by atoms with Crippen LogP contribution in [0.25, 0.3) is 0 Å². The molecule has 2 amide bonds. The molecule has 0 heterocycles. The molecule has 0 rings (SSSR count). The molecule has 0 aliphatic heterocycles. The first-order valence-corrected chi connectivity index (χ1v) is 4.00. The average Bonchev–Trinajstić information content (AvgIpc) is 2.03. The summed E-state index contributed by atoms with van der Waals surface area (Å²) in [5.41, 5.74) is 0. The lowest BCUT2D eigenvalue weighted by atomic mass is 10.3. The second kappa shape index (κ2) is 6.01. The number of hydrogen-bond donors (Lipinski definition) is 1. The average molecular weight is 157 g/mol. The monoisotopic (exact) mass is 157 g/mol. The first-order chi connectivity index (χ1) is 5.22. The van der Waals surface area contributed by atoms with Gasteiger partial charge in [0.15, 0.2) is 0 Å². The van der Waals surface area contributed by atoms with Gasteiger partial charge >= 0.3 is 6.03 Å². The van der Waals surface area contributed by atoms with Crippen molar-refractivity contribution >= 4 is 6.03 Å². The van der Waals surface area contributed by atoms with Crippen LogP contribution in [0.1, 0.15) is 19.8 Å². The summed E-state index contributed by atoms with van der Waals surface area (Å²) in [5.74, 6) is 0. The standard InChI is InChI=1S/C8H17N2O/c1-4-6-7-9-8(11)10(3)5-2/h2,4-7H2,1,3H3,(H,9,11). The summed E-state index contributed by atoms with van der Waals surface area (Å²) in [6.45, 7) is 6.97. The zero-order valence-corrected chi connectivity index (χ0v) is 7.39. The van der Waals surface area contributed by atoms with Crippen molar-refractivity contribution in [2.45, 2.75) is 19.8 Å². The van der Waals surface area contributed by atoms with Crippen molar-refractivity contribution in [2.75, 3.05) is 20.1 Å². The van der Waals surface area contributed by atoms with E-state index in [1.54, 1.807) is 11.9 Å². The van der Waals surface area contributed by atoms with Gasteiger partial charge in [-0.2, -0.15) is 0 Å². The van der Waals surface area contributed by atoms with Crippen molar-refractivity contribution in [2.24, 2.45) is 0 Å². The van der Waals surface area contributed by atoms with Crippen molar-refractivity contribution in [1.29, 1.82) is 0 Å². The molecule has 11 heavy (non-hydrogen) atoms. The lowest BCUT2D eigenvalue weighted by Gasteiger charge is -2.14. The van der Waals surface area contributed by atoms with Crippen LogP contribution in [0.3, 0.4) is 0 Å². The Labute approximate surface area is 68.8 Å². The zero-order valence-electron chi connectivity index (χ0n) is 7.39. The summed E-state index contributed by atoms with van der Waals surface area (Å²) in [4.78, 5) is 12.6. The van der Waals surface area contributed by atoms with E-state index in [-0.39, 0.29) is 6.03 Å². The van der Waals surface area contributed by atoms with Crippen molar-refractivity contribution in [1.82, 2.24) is 10.2 Å². The van der Waals surface area contributed by atoms with Gasteiger partial charge in [-0.25, -0.2) is 4.79 Å². The maximum Gasteiger partial charge on any atom is 0.317 e. The summed E-state index contributed by atoms with van der Waals surface area (Å²) in [6, 6.07) is -0.0338. The van der Waals surface area contributed by atoms with Gasteiger partial charge in [0, 0.05) is 20.1 Å². The number of nitrogens with one attached hydrogen (secondary N) is 1. The SMILES string of the molecule is [CH2]CN(C)C(=O)NCCCC. The predicted octanol–water partition coefficient (Wildman–Crippen LogP) is 1.26. The third-order valence-electron chi connectivity index (χ3n) is 1.49. The number of unbranched alkanes of at least 4 members (excludes halogenated alkanes) is 1. The number of hydrogen-bond acceptors (Lipinski definition) is 1. The van der Waals surface area contributed by atoms with Crippen LogP contribution in [0.5, 0.6) is 0 Å². The van der Waals surface area contributed by atoms with Crippen LogP contribution in [0, 0.1) is 6.92 Å². The van der Waals surface area contributed by atoms with E-state index in [9.17, 15) is 4.79 Å². The third-order valence-corrected chi connectivity index (χ3v) is 1.49. The highest BCUT2D eigenvalue weighted by Crippen LogP contribution is 1.85. The minimum absolute atomic E-state index is 0.0338. The zero-order chi connectivity index (χ0) is 8.69. The fourth-order valence-electron chi connectivity index (χ4n) is 0.609. The summed E-state index contributed by atoms with van der Waals surface area (Å²) in [7, 11) is 1.73. The lowest BCUT2D eigenvalue weighted by Crippen LogP contribution is -2.37. The molecule has 65 valence electrons. The smallest absolute Gasteiger partial charge is 0.317 e. The van der Waals surface area contributed by atoms with E-state index in [4.69, 9.17) is 0 Å². The molecule has 3 heteroatoms. The van der Waals surface area contributed by atoms with Crippen LogP contribution < -0.4 is 5.32 Å². The second-order valence-electron chi connectivity index (χ2n) is 2.51. The van der Waals surface area contributed by atoms with E-state index in [0.717, 1.165) is 19.4 Å². The largest absolute Gasteiger partial charge is 0.338 e. The van der Waals surface area contributed by atoms with Gasteiger partial charge in [0.25, 0.3) is 0 Å². The minimum Gasteiger partial charge on any atom is -0.338 e. The molecule has 0 aromatic carbocycles. The molecule has 3 nitrogen and oxygen atoms in total. The Morgan fingerprint density at radius 2 is 2.27 bits per heavy atom. The number of carbonyl (C=O) groups is 1. The molecule has 0 atom stereocenters. The summed E-state index contributed by atoms with van der Waals surface area (Å²) < 4.78 is 0. The molecule has 1 N–H and O–H groups in total. The van der Waals surface area contributed by atoms with Crippen LogP contribution in [0.15, 0.2) is 0 Å². The van der Waals surface area contributed by atoms with Crippen LogP contribution in [0.4, 0.5) is 4.79 Å². The van der Waals surface area contributed by atoms with Gasteiger partial charge < -0.3 is 10.2 Å². The normalized spacial score (nSPS) is 9.36. The number of urea groups is 1. The molecule has 0 unspecified atom stereocenters. The van der Waals surface area contributed by atoms with Crippen LogP contribution in [-0.4, -0.2) is 31.1 Å². The summed E-state index contributed by atoms with van der Waals surface area (Å²) in [5, 5.41) is 2.78. The van der Waals surface area contributed by atoms with Crippen molar-refractivity contribution in [3.63, 3.8) is 0 Å². The second-order valence-corrected chi connectivity index (χ2v) is 2.51. The van der Waals surface area contributed by atoms with Crippen molar-refractivity contribution < 1.29 is 4.79 Å². The summed E-state index contributed by atoms with van der Waals surface area (Å²) in [6.07, 6.45) is 2.14.